The maximum absolute atomic E-state index is 3.82. The standard InChI is InChI=1S/C19H40N2/c1-8-11-12-16(9-2)14-21-15-19(7,10-3)20-13-17(21)18(4,5)6/h16-17,20H,8-15H2,1-7H3. The lowest BCUT2D eigenvalue weighted by molar-refractivity contribution is 0.0140. The fraction of sp³-hybridized carbons (Fsp3) is 1.00. The quantitative estimate of drug-likeness (QED) is 0.733. The summed E-state index contributed by atoms with van der Waals surface area (Å²) in [4.78, 5) is 2.81. The third-order valence-electron chi connectivity index (χ3n) is 5.53. The smallest absolute Gasteiger partial charge is 0.0278 e. The molecule has 3 unspecified atom stereocenters. The fourth-order valence-corrected chi connectivity index (χ4v) is 3.62. The van der Waals surface area contributed by atoms with E-state index >= 15 is 0 Å². The predicted octanol–water partition coefficient (Wildman–Crippen LogP) is 4.69. The molecule has 0 aromatic carbocycles. The van der Waals surface area contributed by atoms with Crippen LogP contribution in [0.5, 0.6) is 0 Å². The molecule has 0 bridgehead atoms. The number of nitrogens with one attached hydrogen (secondary N) is 1. The van der Waals surface area contributed by atoms with E-state index in [0.29, 0.717) is 17.0 Å². The van der Waals surface area contributed by atoms with Gasteiger partial charge in [0.2, 0.25) is 0 Å². The summed E-state index contributed by atoms with van der Waals surface area (Å²) in [6.45, 7) is 20.2. The molecule has 0 aromatic heterocycles. The normalized spacial score (nSPS) is 29.6. The Bertz CT molecular complexity index is 294. The molecule has 1 saturated heterocycles. The highest BCUT2D eigenvalue weighted by Gasteiger charge is 2.40. The maximum Gasteiger partial charge on any atom is 0.0278 e. The Hall–Kier alpha value is -0.0800. The van der Waals surface area contributed by atoms with E-state index in [1.807, 2.05) is 0 Å². The zero-order valence-corrected chi connectivity index (χ0v) is 15.8. The molecule has 1 fully saturated rings. The van der Waals surface area contributed by atoms with Crippen molar-refractivity contribution in [2.24, 2.45) is 11.3 Å². The predicted molar refractivity (Wildman–Crippen MR) is 94.8 cm³/mol. The van der Waals surface area contributed by atoms with Crippen LogP contribution in [0, 0.1) is 11.3 Å². The molecule has 3 atom stereocenters. The number of rotatable bonds is 7. The lowest BCUT2D eigenvalue weighted by atomic mass is 9.80. The fourth-order valence-electron chi connectivity index (χ4n) is 3.62. The Labute approximate surface area is 134 Å². The molecule has 0 aromatic rings. The van der Waals surface area contributed by atoms with Crippen LogP contribution < -0.4 is 5.32 Å². The van der Waals surface area contributed by atoms with Crippen molar-refractivity contribution in [3.63, 3.8) is 0 Å². The highest BCUT2D eigenvalue weighted by molar-refractivity contribution is 4.98. The molecule has 1 aliphatic heterocycles. The Kier molecular flexibility index (Phi) is 7.19. The molecule has 0 radical (unpaired) electrons. The Morgan fingerprint density at radius 2 is 1.90 bits per heavy atom. The van der Waals surface area contributed by atoms with Crippen molar-refractivity contribution in [3.05, 3.63) is 0 Å². The first-order chi connectivity index (χ1) is 9.75. The summed E-state index contributed by atoms with van der Waals surface area (Å²) >= 11 is 0. The SMILES string of the molecule is CCCCC(CC)CN1CC(C)(CC)NCC1C(C)(C)C. The van der Waals surface area contributed by atoms with E-state index in [-0.39, 0.29) is 0 Å². The van der Waals surface area contributed by atoms with E-state index < -0.39 is 0 Å². The van der Waals surface area contributed by atoms with E-state index in [1.165, 1.54) is 45.2 Å². The summed E-state index contributed by atoms with van der Waals surface area (Å²) in [5, 5.41) is 3.82. The first kappa shape index (κ1) is 19.0. The number of hydrogen-bond acceptors (Lipinski definition) is 2. The minimum Gasteiger partial charge on any atom is -0.309 e. The third kappa shape index (κ3) is 5.56. The first-order valence-electron chi connectivity index (χ1n) is 9.24. The van der Waals surface area contributed by atoms with Crippen molar-refractivity contribution in [2.75, 3.05) is 19.6 Å². The van der Waals surface area contributed by atoms with Gasteiger partial charge >= 0.3 is 0 Å². The van der Waals surface area contributed by atoms with Gasteiger partial charge in [-0.2, -0.15) is 0 Å². The zero-order valence-electron chi connectivity index (χ0n) is 15.8. The van der Waals surface area contributed by atoms with Gasteiger partial charge in [-0.25, -0.2) is 0 Å². The van der Waals surface area contributed by atoms with Crippen LogP contribution in [0.4, 0.5) is 0 Å². The summed E-state index contributed by atoms with van der Waals surface area (Å²) in [6.07, 6.45) is 6.65. The molecule has 1 rings (SSSR count). The molecule has 2 heteroatoms. The summed E-state index contributed by atoms with van der Waals surface area (Å²) in [5.74, 6) is 0.869. The highest BCUT2D eigenvalue weighted by atomic mass is 15.3. The Morgan fingerprint density at radius 3 is 2.38 bits per heavy atom. The maximum atomic E-state index is 3.82. The van der Waals surface area contributed by atoms with Crippen molar-refractivity contribution in [1.82, 2.24) is 10.2 Å². The van der Waals surface area contributed by atoms with E-state index in [9.17, 15) is 0 Å². The van der Waals surface area contributed by atoms with Gasteiger partial charge in [-0.15, -0.1) is 0 Å². The van der Waals surface area contributed by atoms with Crippen LogP contribution in [0.25, 0.3) is 0 Å². The molecular formula is C19H40N2. The molecule has 1 N–H and O–H groups in total. The number of nitrogens with zero attached hydrogens (tertiary/aromatic N) is 1. The molecular weight excluding hydrogens is 256 g/mol. The van der Waals surface area contributed by atoms with E-state index in [0.717, 1.165) is 12.5 Å². The van der Waals surface area contributed by atoms with Crippen LogP contribution >= 0.6 is 0 Å². The zero-order chi connectivity index (χ0) is 16.1. The number of unbranched alkanes of at least 4 members (excludes halogenated alkanes) is 1. The summed E-state index contributed by atoms with van der Waals surface area (Å²) in [7, 11) is 0. The minimum absolute atomic E-state index is 0.296. The van der Waals surface area contributed by atoms with Gasteiger partial charge in [-0.1, -0.05) is 60.8 Å². The lowest BCUT2D eigenvalue weighted by Crippen LogP contribution is -2.66. The third-order valence-corrected chi connectivity index (χ3v) is 5.53. The monoisotopic (exact) mass is 296 g/mol. The summed E-state index contributed by atoms with van der Waals surface area (Å²) in [6, 6.07) is 0.660. The van der Waals surface area contributed by atoms with Gasteiger partial charge in [0.1, 0.15) is 0 Å². The van der Waals surface area contributed by atoms with Crippen molar-refractivity contribution in [2.45, 2.75) is 92.2 Å². The Balaban J connectivity index is 2.78. The van der Waals surface area contributed by atoms with Crippen molar-refractivity contribution < 1.29 is 0 Å². The van der Waals surface area contributed by atoms with Gasteiger partial charge in [0, 0.05) is 31.2 Å². The van der Waals surface area contributed by atoms with Gasteiger partial charge in [0.15, 0.2) is 0 Å². The number of hydrogen-bond donors (Lipinski definition) is 1. The van der Waals surface area contributed by atoms with Gasteiger partial charge in [-0.05, 0) is 31.1 Å². The average Bonchev–Trinajstić information content (AvgIpc) is 2.42. The van der Waals surface area contributed by atoms with Crippen LogP contribution in [0.3, 0.4) is 0 Å². The highest BCUT2D eigenvalue weighted by Crippen LogP contribution is 2.31. The summed E-state index contributed by atoms with van der Waals surface area (Å²) < 4.78 is 0. The first-order valence-corrected chi connectivity index (χ1v) is 9.24. The second-order valence-corrected chi connectivity index (χ2v) is 8.52. The van der Waals surface area contributed by atoms with Crippen LogP contribution in [-0.2, 0) is 0 Å². The molecule has 1 aliphatic rings. The largest absolute Gasteiger partial charge is 0.309 e. The molecule has 2 nitrogen and oxygen atoms in total. The van der Waals surface area contributed by atoms with Gasteiger partial charge in [-0.3, -0.25) is 4.90 Å². The molecule has 0 spiro atoms. The van der Waals surface area contributed by atoms with Crippen LogP contribution in [0.2, 0.25) is 0 Å². The minimum atomic E-state index is 0.296. The Morgan fingerprint density at radius 1 is 1.24 bits per heavy atom. The average molecular weight is 297 g/mol. The molecule has 21 heavy (non-hydrogen) atoms. The van der Waals surface area contributed by atoms with Crippen molar-refractivity contribution >= 4 is 0 Å². The van der Waals surface area contributed by atoms with Gasteiger partial charge < -0.3 is 5.32 Å². The molecule has 0 saturated carbocycles. The van der Waals surface area contributed by atoms with Crippen LogP contribution in [0.15, 0.2) is 0 Å². The van der Waals surface area contributed by atoms with Gasteiger partial charge in [0.05, 0.1) is 0 Å². The van der Waals surface area contributed by atoms with E-state index in [1.54, 1.807) is 0 Å². The summed E-state index contributed by atoms with van der Waals surface area (Å²) in [5.41, 5.74) is 0.649. The number of piperazine rings is 1. The van der Waals surface area contributed by atoms with E-state index in [2.05, 4.69) is 58.7 Å². The molecule has 0 aliphatic carbocycles. The van der Waals surface area contributed by atoms with Crippen LogP contribution in [0.1, 0.15) is 80.6 Å². The van der Waals surface area contributed by atoms with Crippen molar-refractivity contribution in [1.29, 1.82) is 0 Å². The molecule has 0 amide bonds. The van der Waals surface area contributed by atoms with Gasteiger partial charge in [0.25, 0.3) is 0 Å². The van der Waals surface area contributed by atoms with Crippen molar-refractivity contribution in [3.8, 4) is 0 Å². The lowest BCUT2D eigenvalue weighted by Gasteiger charge is -2.51. The molecule has 126 valence electrons. The topological polar surface area (TPSA) is 15.3 Å². The second kappa shape index (κ2) is 7.97. The van der Waals surface area contributed by atoms with E-state index in [4.69, 9.17) is 0 Å². The second-order valence-electron chi connectivity index (χ2n) is 8.52. The molecule has 1 heterocycles. The van der Waals surface area contributed by atoms with Crippen LogP contribution in [-0.4, -0.2) is 36.1 Å².